The monoisotopic (exact) mass is 344 g/mol. The van der Waals surface area contributed by atoms with Gasteiger partial charge in [-0.25, -0.2) is 0 Å². The van der Waals surface area contributed by atoms with Crippen molar-refractivity contribution in [2.75, 3.05) is 6.61 Å². The second kappa shape index (κ2) is 5.54. The first kappa shape index (κ1) is 17.0. The number of carboxylic acid groups (broad SMARTS) is 1. The number of allylic oxidation sites excluding steroid dienone is 4. The molecule has 0 aromatic heterocycles. The molecule has 25 heavy (non-hydrogen) atoms. The predicted octanol–water partition coefficient (Wildman–Crippen LogP) is 3.21. The van der Waals surface area contributed by atoms with E-state index in [1.807, 2.05) is 13.0 Å². The molecule has 2 unspecified atom stereocenters. The van der Waals surface area contributed by atoms with Crippen LogP contribution in [0.1, 0.15) is 46.0 Å². The van der Waals surface area contributed by atoms with E-state index in [-0.39, 0.29) is 29.6 Å². The van der Waals surface area contributed by atoms with Crippen LogP contribution in [-0.2, 0) is 9.59 Å². The molecule has 2 N–H and O–H groups in total. The minimum absolute atomic E-state index is 0.0179. The highest BCUT2D eigenvalue weighted by Crippen LogP contribution is 2.67. The standard InChI is InChI=1S/C21H28O4/c1-12-9-17-15-4-3-13-10-14(23)5-7-20(13,2)16(15)6-8-21(17,11-22)18(12)19(24)25/h5,7,10,12,15-18,22H,3-4,6,8-9,11H2,1-2H3,(H,24,25)/t12?,15-,16+,17+,18?,20+,21-/m1/s1. The molecule has 4 aliphatic rings. The molecule has 4 rings (SSSR count). The molecule has 7 atom stereocenters. The molecule has 0 aromatic rings. The maximum Gasteiger partial charge on any atom is 0.307 e. The number of ketones is 1. The lowest BCUT2D eigenvalue weighted by Crippen LogP contribution is -2.53. The van der Waals surface area contributed by atoms with Gasteiger partial charge in [0.05, 0.1) is 5.92 Å². The Labute approximate surface area is 149 Å². The van der Waals surface area contributed by atoms with Gasteiger partial charge in [-0.2, -0.15) is 0 Å². The van der Waals surface area contributed by atoms with Crippen LogP contribution in [0.2, 0.25) is 0 Å². The highest BCUT2D eigenvalue weighted by atomic mass is 16.4. The van der Waals surface area contributed by atoms with Gasteiger partial charge in [0.1, 0.15) is 0 Å². The summed E-state index contributed by atoms with van der Waals surface area (Å²) >= 11 is 0. The van der Waals surface area contributed by atoms with Crippen LogP contribution >= 0.6 is 0 Å². The summed E-state index contributed by atoms with van der Waals surface area (Å²) in [5.41, 5.74) is 0.708. The van der Waals surface area contributed by atoms with Crippen molar-refractivity contribution in [3.05, 3.63) is 23.8 Å². The molecule has 0 saturated heterocycles. The van der Waals surface area contributed by atoms with Crippen molar-refractivity contribution in [2.24, 2.45) is 40.4 Å². The summed E-state index contributed by atoms with van der Waals surface area (Å²) in [4.78, 5) is 23.7. The second-order valence-electron chi connectivity index (χ2n) is 9.06. The molecule has 0 amide bonds. The molecule has 3 saturated carbocycles. The van der Waals surface area contributed by atoms with Gasteiger partial charge in [-0.05, 0) is 67.9 Å². The zero-order chi connectivity index (χ0) is 18.0. The van der Waals surface area contributed by atoms with Gasteiger partial charge in [0.15, 0.2) is 5.78 Å². The number of aliphatic hydroxyl groups is 1. The van der Waals surface area contributed by atoms with Crippen LogP contribution in [-0.4, -0.2) is 28.6 Å². The van der Waals surface area contributed by atoms with Crippen LogP contribution in [0.3, 0.4) is 0 Å². The number of fused-ring (bicyclic) bond motifs is 5. The predicted molar refractivity (Wildman–Crippen MR) is 93.7 cm³/mol. The van der Waals surface area contributed by atoms with Gasteiger partial charge < -0.3 is 10.2 Å². The average Bonchev–Trinajstić information content (AvgIpc) is 2.88. The van der Waals surface area contributed by atoms with Crippen LogP contribution in [0, 0.1) is 40.4 Å². The van der Waals surface area contributed by atoms with Gasteiger partial charge in [0.25, 0.3) is 0 Å². The summed E-state index contributed by atoms with van der Waals surface area (Å²) < 4.78 is 0. The van der Waals surface area contributed by atoms with E-state index in [4.69, 9.17) is 0 Å². The summed E-state index contributed by atoms with van der Waals surface area (Å²) in [6, 6.07) is 0. The number of hydrogen-bond acceptors (Lipinski definition) is 3. The third-order valence-corrected chi connectivity index (χ3v) is 8.19. The van der Waals surface area contributed by atoms with Crippen LogP contribution in [0.4, 0.5) is 0 Å². The number of aliphatic carboxylic acids is 1. The molecular formula is C21H28O4. The molecule has 0 heterocycles. The zero-order valence-electron chi connectivity index (χ0n) is 15.1. The molecule has 136 valence electrons. The summed E-state index contributed by atoms with van der Waals surface area (Å²) in [5.74, 6) is 0.184. The van der Waals surface area contributed by atoms with E-state index < -0.39 is 17.3 Å². The van der Waals surface area contributed by atoms with Gasteiger partial charge in [-0.15, -0.1) is 0 Å². The van der Waals surface area contributed by atoms with Crippen LogP contribution in [0.5, 0.6) is 0 Å². The van der Waals surface area contributed by atoms with Crippen molar-refractivity contribution < 1.29 is 19.8 Å². The van der Waals surface area contributed by atoms with E-state index in [0.717, 1.165) is 32.1 Å². The molecule has 0 aliphatic heterocycles. The molecular weight excluding hydrogens is 316 g/mol. The molecule has 0 aromatic carbocycles. The Hall–Kier alpha value is -1.42. The van der Waals surface area contributed by atoms with Crippen molar-refractivity contribution in [2.45, 2.75) is 46.0 Å². The summed E-state index contributed by atoms with van der Waals surface area (Å²) in [7, 11) is 0. The summed E-state index contributed by atoms with van der Waals surface area (Å²) in [6.07, 6.45) is 10.2. The highest BCUT2D eigenvalue weighted by Gasteiger charge is 2.63. The Morgan fingerprint density at radius 3 is 2.76 bits per heavy atom. The Morgan fingerprint density at radius 2 is 2.08 bits per heavy atom. The van der Waals surface area contributed by atoms with Gasteiger partial charge in [0, 0.05) is 17.4 Å². The number of rotatable bonds is 2. The molecule has 4 aliphatic carbocycles. The molecule has 0 spiro atoms. The fraction of sp³-hybridized carbons (Fsp3) is 0.714. The van der Waals surface area contributed by atoms with E-state index in [0.29, 0.717) is 11.8 Å². The van der Waals surface area contributed by atoms with Crippen molar-refractivity contribution in [3.8, 4) is 0 Å². The Morgan fingerprint density at radius 1 is 1.32 bits per heavy atom. The fourth-order valence-corrected chi connectivity index (χ4v) is 7.12. The number of aliphatic hydroxyl groups excluding tert-OH is 1. The van der Waals surface area contributed by atoms with Crippen LogP contribution in [0.15, 0.2) is 23.8 Å². The number of carbonyl (C=O) groups excluding carboxylic acids is 1. The molecule has 3 fully saturated rings. The first-order chi connectivity index (χ1) is 11.8. The van der Waals surface area contributed by atoms with Gasteiger partial charge in [-0.3, -0.25) is 9.59 Å². The minimum atomic E-state index is -0.742. The molecule has 0 bridgehead atoms. The van der Waals surface area contributed by atoms with E-state index >= 15 is 0 Å². The Kier molecular flexibility index (Phi) is 3.77. The Balaban J connectivity index is 1.72. The van der Waals surface area contributed by atoms with E-state index in [1.165, 1.54) is 5.57 Å². The topological polar surface area (TPSA) is 74.6 Å². The van der Waals surface area contributed by atoms with E-state index in [9.17, 15) is 19.8 Å². The number of carboxylic acids is 1. The van der Waals surface area contributed by atoms with E-state index in [1.54, 1.807) is 6.08 Å². The summed E-state index contributed by atoms with van der Waals surface area (Å²) in [5, 5.41) is 20.1. The van der Waals surface area contributed by atoms with Crippen LogP contribution < -0.4 is 0 Å². The van der Waals surface area contributed by atoms with Gasteiger partial charge in [0.2, 0.25) is 0 Å². The normalized spacial score (nSPS) is 48.4. The third kappa shape index (κ3) is 2.16. The average molecular weight is 344 g/mol. The van der Waals surface area contributed by atoms with E-state index in [2.05, 4.69) is 13.0 Å². The van der Waals surface area contributed by atoms with Gasteiger partial charge in [-0.1, -0.05) is 25.5 Å². The number of carbonyl (C=O) groups is 2. The first-order valence-electron chi connectivity index (χ1n) is 9.61. The lowest BCUT2D eigenvalue weighted by molar-refractivity contribution is -0.154. The maximum atomic E-state index is 11.9. The Bertz CT molecular complexity index is 677. The zero-order valence-corrected chi connectivity index (χ0v) is 15.1. The first-order valence-corrected chi connectivity index (χ1v) is 9.61. The molecule has 4 heteroatoms. The van der Waals surface area contributed by atoms with Crippen molar-refractivity contribution >= 4 is 11.8 Å². The third-order valence-electron chi connectivity index (χ3n) is 8.19. The maximum absolute atomic E-state index is 11.9. The minimum Gasteiger partial charge on any atom is -0.481 e. The quantitative estimate of drug-likeness (QED) is 0.806. The summed E-state index contributed by atoms with van der Waals surface area (Å²) in [6.45, 7) is 4.27. The highest BCUT2D eigenvalue weighted by molar-refractivity contribution is 6.01. The smallest absolute Gasteiger partial charge is 0.307 e. The van der Waals surface area contributed by atoms with Gasteiger partial charge >= 0.3 is 5.97 Å². The lowest BCUT2D eigenvalue weighted by atomic mass is 9.47. The molecule has 0 radical (unpaired) electrons. The van der Waals surface area contributed by atoms with Crippen molar-refractivity contribution in [1.82, 2.24) is 0 Å². The lowest BCUT2D eigenvalue weighted by Gasteiger charge is -2.57. The fourth-order valence-electron chi connectivity index (χ4n) is 7.12. The second-order valence-corrected chi connectivity index (χ2v) is 9.06. The van der Waals surface area contributed by atoms with Crippen molar-refractivity contribution in [1.29, 1.82) is 0 Å². The largest absolute Gasteiger partial charge is 0.481 e. The van der Waals surface area contributed by atoms with Crippen molar-refractivity contribution in [3.63, 3.8) is 0 Å². The van der Waals surface area contributed by atoms with Crippen LogP contribution in [0.25, 0.3) is 0 Å². The molecule has 4 nitrogen and oxygen atoms in total. The SMILES string of the molecule is CC1C[C@H]2[C@@H]3CCC4=CC(=O)C=C[C@]4(C)[C@H]3CC[C@]2(CO)C1C(=O)O. The number of hydrogen-bond donors (Lipinski definition) is 2.